The lowest BCUT2D eigenvalue weighted by molar-refractivity contribution is 0.145. The van der Waals surface area contributed by atoms with Crippen molar-refractivity contribution in [1.29, 1.82) is 0 Å². The molecular formula is C22H32N6O. The number of piperidine rings is 1. The lowest BCUT2D eigenvalue weighted by atomic mass is 9.74. The Labute approximate surface area is 173 Å². The summed E-state index contributed by atoms with van der Waals surface area (Å²) in [4.78, 5) is 20.9. The molecule has 0 radical (unpaired) electrons. The number of aliphatic hydroxyl groups is 1. The minimum Gasteiger partial charge on any atom is -0.393 e. The van der Waals surface area contributed by atoms with Gasteiger partial charge in [0.25, 0.3) is 0 Å². The van der Waals surface area contributed by atoms with Gasteiger partial charge in [-0.3, -0.25) is 0 Å². The highest BCUT2D eigenvalue weighted by molar-refractivity contribution is 5.43. The van der Waals surface area contributed by atoms with Crippen LogP contribution in [0.3, 0.4) is 0 Å². The van der Waals surface area contributed by atoms with Crippen molar-refractivity contribution in [1.82, 2.24) is 19.9 Å². The van der Waals surface area contributed by atoms with Crippen molar-refractivity contribution in [2.45, 2.75) is 71.9 Å². The number of hydrogen-bond acceptors (Lipinski definition) is 7. The summed E-state index contributed by atoms with van der Waals surface area (Å²) in [6.07, 6.45) is 6.19. The first-order valence-electron chi connectivity index (χ1n) is 10.7. The Hall–Kier alpha value is -2.28. The van der Waals surface area contributed by atoms with E-state index in [4.69, 9.17) is 9.97 Å². The van der Waals surface area contributed by atoms with Gasteiger partial charge in [-0.05, 0) is 44.4 Å². The van der Waals surface area contributed by atoms with Crippen LogP contribution in [0.5, 0.6) is 0 Å². The monoisotopic (exact) mass is 396 g/mol. The van der Waals surface area contributed by atoms with Crippen LogP contribution in [0.4, 0.5) is 11.8 Å². The normalized spacial score (nSPS) is 21.7. The smallest absolute Gasteiger partial charge is 0.225 e. The van der Waals surface area contributed by atoms with Gasteiger partial charge in [-0.15, -0.1) is 0 Å². The van der Waals surface area contributed by atoms with Crippen molar-refractivity contribution in [3.63, 3.8) is 0 Å². The van der Waals surface area contributed by atoms with Crippen LogP contribution < -0.4 is 10.2 Å². The third kappa shape index (κ3) is 4.50. The van der Waals surface area contributed by atoms with Gasteiger partial charge in [0.05, 0.1) is 17.8 Å². The van der Waals surface area contributed by atoms with Crippen molar-refractivity contribution in [3.05, 3.63) is 35.0 Å². The van der Waals surface area contributed by atoms with Gasteiger partial charge in [-0.2, -0.15) is 0 Å². The molecule has 2 aromatic rings. The Kier molecular flexibility index (Phi) is 5.42. The van der Waals surface area contributed by atoms with E-state index in [9.17, 15) is 5.11 Å². The van der Waals surface area contributed by atoms with Gasteiger partial charge in [0.2, 0.25) is 5.95 Å². The average molecular weight is 397 g/mol. The lowest BCUT2D eigenvalue weighted by Gasteiger charge is -2.37. The van der Waals surface area contributed by atoms with Gasteiger partial charge in [-0.1, -0.05) is 20.8 Å². The summed E-state index contributed by atoms with van der Waals surface area (Å²) in [6.45, 7) is 10.3. The van der Waals surface area contributed by atoms with Crippen molar-refractivity contribution in [3.8, 4) is 0 Å². The Morgan fingerprint density at radius 2 is 1.97 bits per heavy atom. The third-order valence-corrected chi connectivity index (χ3v) is 5.99. The molecule has 7 nitrogen and oxygen atoms in total. The Bertz CT molecular complexity index is 876. The molecule has 0 spiro atoms. The van der Waals surface area contributed by atoms with Crippen LogP contribution in [0.1, 0.15) is 68.9 Å². The molecule has 156 valence electrons. The van der Waals surface area contributed by atoms with E-state index < -0.39 is 0 Å². The molecule has 1 aliphatic heterocycles. The van der Waals surface area contributed by atoms with E-state index in [1.54, 1.807) is 0 Å². The van der Waals surface area contributed by atoms with Gasteiger partial charge in [0, 0.05) is 36.6 Å². The molecule has 1 fully saturated rings. The first-order valence-corrected chi connectivity index (χ1v) is 10.7. The lowest BCUT2D eigenvalue weighted by Crippen LogP contribution is -2.38. The van der Waals surface area contributed by atoms with Crippen LogP contribution in [-0.4, -0.2) is 44.2 Å². The summed E-state index contributed by atoms with van der Waals surface area (Å²) in [5.41, 5.74) is 3.48. The molecule has 0 aromatic carbocycles. The fourth-order valence-electron chi connectivity index (χ4n) is 4.45. The maximum Gasteiger partial charge on any atom is 0.225 e. The topological polar surface area (TPSA) is 87.1 Å². The van der Waals surface area contributed by atoms with Crippen LogP contribution in [0.25, 0.3) is 0 Å². The van der Waals surface area contributed by atoms with E-state index in [1.165, 1.54) is 5.56 Å². The number of aliphatic hydroxyl groups excluding tert-OH is 1. The van der Waals surface area contributed by atoms with Crippen LogP contribution in [-0.2, 0) is 12.8 Å². The van der Waals surface area contributed by atoms with Gasteiger partial charge in [-0.25, -0.2) is 19.9 Å². The van der Waals surface area contributed by atoms with E-state index >= 15 is 0 Å². The largest absolute Gasteiger partial charge is 0.393 e. The van der Waals surface area contributed by atoms with Gasteiger partial charge >= 0.3 is 0 Å². The van der Waals surface area contributed by atoms with E-state index in [0.717, 1.165) is 74.2 Å². The number of hydrogen-bond donors (Lipinski definition) is 2. The molecule has 1 saturated heterocycles. The highest BCUT2D eigenvalue weighted by Gasteiger charge is 2.34. The zero-order valence-electron chi connectivity index (χ0n) is 17.9. The number of nitrogens with zero attached hydrogens (tertiary/aromatic N) is 5. The second kappa shape index (κ2) is 7.86. The first kappa shape index (κ1) is 20.0. The minimum atomic E-state index is -0.194. The molecule has 1 atom stereocenters. The van der Waals surface area contributed by atoms with Crippen LogP contribution in [0.15, 0.2) is 12.3 Å². The predicted molar refractivity (Wildman–Crippen MR) is 114 cm³/mol. The summed E-state index contributed by atoms with van der Waals surface area (Å²) in [7, 11) is 0. The molecule has 2 aromatic heterocycles. The van der Waals surface area contributed by atoms with E-state index in [2.05, 4.69) is 41.0 Å². The van der Waals surface area contributed by atoms with E-state index in [-0.39, 0.29) is 17.6 Å². The number of fused-ring (bicyclic) bond motifs is 1. The molecule has 3 heterocycles. The van der Waals surface area contributed by atoms with Crippen molar-refractivity contribution in [2.75, 3.05) is 23.3 Å². The van der Waals surface area contributed by atoms with Crippen molar-refractivity contribution in [2.24, 2.45) is 5.41 Å². The number of anilines is 2. The van der Waals surface area contributed by atoms with Gasteiger partial charge in [0.1, 0.15) is 11.6 Å². The number of rotatable bonds is 4. The standard InChI is InChI=1S/C22H32N6O/c1-5-15-10-20(25-14(2)24-15)26-18-11-22(3,4)12-19-17(18)13-23-21(27-19)28-8-6-16(29)7-9-28/h10,13,16,18,29H,5-9,11-12H2,1-4H3,(H,24,25,26)/t18-/m1/s1. The van der Waals surface area contributed by atoms with Crippen LogP contribution in [0, 0.1) is 12.3 Å². The van der Waals surface area contributed by atoms with Crippen LogP contribution in [0.2, 0.25) is 0 Å². The number of aryl methyl sites for hydroxylation is 2. The molecule has 2 N–H and O–H groups in total. The summed E-state index contributed by atoms with van der Waals surface area (Å²) in [5.74, 6) is 2.45. The molecule has 0 saturated carbocycles. The summed E-state index contributed by atoms with van der Waals surface area (Å²) in [5, 5.41) is 13.4. The second-order valence-corrected chi connectivity index (χ2v) is 9.18. The molecular weight excluding hydrogens is 364 g/mol. The van der Waals surface area contributed by atoms with Gasteiger partial charge in [0.15, 0.2) is 0 Å². The first-order chi connectivity index (χ1) is 13.8. The molecule has 0 unspecified atom stereocenters. The fraction of sp³-hybridized carbons (Fsp3) is 0.636. The summed E-state index contributed by atoms with van der Waals surface area (Å²) in [6, 6.07) is 2.17. The molecule has 0 bridgehead atoms. The second-order valence-electron chi connectivity index (χ2n) is 9.18. The predicted octanol–water partition coefficient (Wildman–Crippen LogP) is 3.22. The molecule has 4 rings (SSSR count). The van der Waals surface area contributed by atoms with Crippen molar-refractivity contribution < 1.29 is 5.11 Å². The van der Waals surface area contributed by atoms with E-state index in [1.807, 2.05) is 19.2 Å². The number of aromatic nitrogens is 4. The molecule has 29 heavy (non-hydrogen) atoms. The maximum absolute atomic E-state index is 9.78. The van der Waals surface area contributed by atoms with Gasteiger partial charge < -0.3 is 15.3 Å². The van der Waals surface area contributed by atoms with E-state index in [0.29, 0.717) is 0 Å². The van der Waals surface area contributed by atoms with Crippen molar-refractivity contribution >= 4 is 11.8 Å². The quantitative estimate of drug-likeness (QED) is 0.820. The molecule has 1 aliphatic carbocycles. The molecule has 0 amide bonds. The maximum atomic E-state index is 9.78. The summed E-state index contributed by atoms with van der Waals surface area (Å²) < 4.78 is 0. The number of nitrogens with one attached hydrogen (secondary N) is 1. The molecule has 7 heteroatoms. The summed E-state index contributed by atoms with van der Waals surface area (Å²) >= 11 is 0. The zero-order chi connectivity index (χ0) is 20.6. The fourth-order valence-corrected chi connectivity index (χ4v) is 4.45. The highest BCUT2D eigenvalue weighted by atomic mass is 16.3. The Morgan fingerprint density at radius 3 is 2.69 bits per heavy atom. The Morgan fingerprint density at radius 1 is 1.21 bits per heavy atom. The minimum absolute atomic E-state index is 0.130. The molecule has 2 aliphatic rings. The zero-order valence-corrected chi connectivity index (χ0v) is 17.9. The third-order valence-electron chi connectivity index (χ3n) is 5.99. The SMILES string of the molecule is CCc1cc(N[C@@H]2CC(C)(C)Cc3nc(N4CCC(O)CC4)ncc32)nc(C)n1. The highest BCUT2D eigenvalue weighted by Crippen LogP contribution is 2.41. The van der Waals surface area contributed by atoms with Crippen LogP contribution >= 0.6 is 0 Å². The Balaban J connectivity index is 1.61. The average Bonchev–Trinajstić information content (AvgIpc) is 2.66.